The number of nitriles is 1. The van der Waals surface area contributed by atoms with Gasteiger partial charge in [-0.2, -0.15) is 5.26 Å². The van der Waals surface area contributed by atoms with Gasteiger partial charge in [0.1, 0.15) is 0 Å². The number of rotatable bonds is 3. The number of amides is 1. The lowest BCUT2D eigenvalue weighted by Gasteiger charge is -2.34. The minimum atomic E-state index is -0.968. The van der Waals surface area contributed by atoms with Gasteiger partial charge in [-0.15, -0.1) is 0 Å². The number of carbonyl (C=O) groups is 2. The van der Waals surface area contributed by atoms with E-state index >= 15 is 0 Å². The van der Waals surface area contributed by atoms with Crippen molar-refractivity contribution in [2.75, 3.05) is 19.8 Å². The summed E-state index contributed by atoms with van der Waals surface area (Å²) in [4.78, 5) is 24.8. The van der Waals surface area contributed by atoms with Crippen LogP contribution in [0.5, 0.6) is 0 Å². The molecule has 1 amide bonds. The second-order valence-electron chi connectivity index (χ2n) is 4.52. The van der Waals surface area contributed by atoms with Gasteiger partial charge in [-0.1, -0.05) is 6.07 Å². The molecule has 0 aromatic heterocycles. The molecule has 1 heterocycles. The van der Waals surface area contributed by atoms with Gasteiger partial charge in [0.05, 0.1) is 37.3 Å². The largest absolute Gasteiger partial charge is 0.481 e. The number of hydrogen-bond donors (Lipinski definition) is 1. The van der Waals surface area contributed by atoms with Gasteiger partial charge >= 0.3 is 5.97 Å². The van der Waals surface area contributed by atoms with Crippen molar-refractivity contribution < 1.29 is 19.4 Å². The maximum Gasteiger partial charge on any atom is 0.305 e. The average Bonchev–Trinajstić information content (AvgIpc) is 2.46. The molecule has 2 rings (SSSR count). The monoisotopic (exact) mass is 274 g/mol. The van der Waals surface area contributed by atoms with Gasteiger partial charge in [0.2, 0.25) is 0 Å². The fourth-order valence-electron chi connectivity index (χ4n) is 2.18. The molecule has 1 aliphatic rings. The van der Waals surface area contributed by atoms with Gasteiger partial charge in [-0.25, -0.2) is 0 Å². The molecule has 0 radical (unpaired) electrons. The summed E-state index contributed by atoms with van der Waals surface area (Å²) in [5.74, 6) is -1.24. The van der Waals surface area contributed by atoms with Crippen LogP contribution in [0.4, 0.5) is 0 Å². The lowest BCUT2D eigenvalue weighted by molar-refractivity contribution is -0.139. The van der Waals surface area contributed by atoms with Crippen LogP contribution in [0.2, 0.25) is 0 Å². The highest BCUT2D eigenvalue weighted by atomic mass is 16.5. The first-order valence-electron chi connectivity index (χ1n) is 6.22. The van der Waals surface area contributed by atoms with E-state index in [0.29, 0.717) is 24.3 Å². The zero-order valence-electron chi connectivity index (χ0n) is 10.8. The molecule has 1 N–H and O–H groups in total. The molecule has 1 aliphatic heterocycles. The Hall–Kier alpha value is -2.39. The van der Waals surface area contributed by atoms with Crippen molar-refractivity contribution in [2.24, 2.45) is 0 Å². The fourth-order valence-corrected chi connectivity index (χ4v) is 2.18. The van der Waals surface area contributed by atoms with Crippen LogP contribution in [-0.4, -0.2) is 47.7 Å². The van der Waals surface area contributed by atoms with Gasteiger partial charge < -0.3 is 14.7 Å². The van der Waals surface area contributed by atoms with E-state index in [1.807, 2.05) is 6.07 Å². The number of nitrogens with zero attached hydrogens (tertiary/aromatic N) is 2. The third kappa shape index (κ3) is 3.13. The molecule has 1 saturated heterocycles. The van der Waals surface area contributed by atoms with E-state index in [4.69, 9.17) is 15.1 Å². The number of carboxylic acid groups (broad SMARTS) is 1. The number of carbonyl (C=O) groups excluding carboxylic acids is 1. The summed E-state index contributed by atoms with van der Waals surface area (Å²) in [6.07, 6.45) is -0.149. The van der Waals surface area contributed by atoms with Crippen molar-refractivity contribution in [3.8, 4) is 6.07 Å². The lowest BCUT2D eigenvalue weighted by Crippen LogP contribution is -2.49. The molecular weight excluding hydrogens is 260 g/mol. The molecule has 0 spiro atoms. The molecule has 104 valence electrons. The van der Waals surface area contributed by atoms with E-state index in [0.717, 1.165) is 0 Å². The third-order valence-electron chi connectivity index (χ3n) is 3.14. The standard InChI is InChI=1S/C14H14N2O4/c15-8-10-2-1-3-11(6-10)14(19)16-4-5-20-9-12(16)7-13(17)18/h1-3,6,12H,4-5,7,9H2,(H,17,18). The molecule has 1 unspecified atom stereocenters. The van der Waals surface area contributed by atoms with Gasteiger partial charge in [-0.05, 0) is 18.2 Å². The van der Waals surface area contributed by atoms with Gasteiger partial charge in [0.25, 0.3) is 5.91 Å². The Labute approximate surface area is 116 Å². The second-order valence-corrected chi connectivity index (χ2v) is 4.52. The molecule has 1 fully saturated rings. The summed E-state index contributed by atoms with van der Waals surface area (Å²) in [7, 11) is 0. The quantitative estimate of drug-likeness (QED) is 0.883. The second kappa shape index (κ2) is 6.17. The molecule has 0 saturated carbocycles. The Balaban J connectivity index is 2.20. The maximum absolute atomic E-state index is 12.4. The minimum absolute atomic E-state index is 0.149. The Morgan fingerprint density at radius 1 is 1.50 bits per heavy atom. The smallest absolute Gasteiger partial charge is 0.305 e. The first-order chi connectivity index (χ1) is 9.61. The van der Waals surface area contributed by atoms with E-state index in [-0.39, 0.29) is 18.9 Å². The van der Waals surface area contributed by atoms with E-state index in [2.05, 4.69) is 0 Å². The molecule has 6 heteroatoms. The minimum Gasteiger partial charge on any atom is -0.481 e. The van der Waals surface area contributed by atoms with Crippen molar-refractivity contribution in [1.29, 1.82) is 5.26 Å². The topological polar surface area (TPSA) is 90.6 Å². The number of hydrogen-bond acceptors (Lipinski definition) is 4. The van der Waals surface area contributed by atoms with Crippen molar-refractivity contribution in [3.05, 3.63) is 35.4 Å². The summed E-state index contributed by atoms with van der Waals surface area (Å²) in [6.45, 7) is 0.962. The molecule has 0 bridgehead atoms. The normalized spacial score (nSPS) is 18.4. The lowest BCUT2D eigenvalue weighted by atomic mass is 10.1. The SMILES string of the molecule is N#Cc1cccc(C(=O)N2CCOCC2CC(=O)O)c1. The van der Waals surface area contributed by atoms with E-state index < -0.39 is 12.0 Å². The Bertz CT molecular complexity index is 565. The number of morpholine rings is 1. The Morgan fingerprint density at radius 3 is 3.00 bits per heavy atom. The molecule has 1 atom stereocenters. The summed E-state index contributed by atoms with van der Waals surface area (Å²) in [6, 6.07) is 7.89. The van der Waals surface area contributed by atoms with Crippen LogP contribution < -0.4 is 0 Å². The van der Waals surface area contributed by atoms with Crippen LogP contribution in [-0.2, 0) is 9.53 Å². The van der Waals surface area contributed by atoms with E-state index in [1.165, 1.54) is 11.0 Å². The van der Waals surface area contributed by atoms with Crippen LogP contribution in [0.3, 0.4) is 0 Å². The molecule has 6 nitrogen and oxygen atoms in total. The summed E-state index contributed by atoms with van der Waals surface area (Å²) >= 11 is 0. The number of benzene rings is 1. The number of aliphatic carboxylic acids is 1. The highest BCUT2D eigenvalue weighted by Gasteiger charge is 2.29. The van der Waals surface area contributed by atoms with Crippen molar-refractivity contribution in [2.45, 2.75) is 12.5 Å². The average molecular weight is 274 g/mol. The molecule has 1 aromatic carbocycles. The maximum atomic E-state index is 12.4. The Kier molecular flexibility index (Phi) is 4.33. The van der Waals surface area contributed by atoms with Crippen LogP contribution in [0.15, 0.2) is 24.3 Å². The first kappa shape index (κ1) is 14.0. The third-order valence-corrected chi connectivity index (χ3v) is 3.14. The predicted molar refractivity (Wildman–Crippen MR) is 69.1 cm³/mol. The van der Waals surface area contributed by atoms with E-state index in [1.54, 1.807) is 18.2 Å². The highest BCUT2D eigenvalue weighted by Crippen LogP contribution is 2.16. The van der Waals surface area contributed by atoms with Crippen molar-refractivity contribution in [1.82, 2.24) is 4.90 Å². The summed E-state index contributed by atoms with van der Waals surface area (Å²) < 4.78 is 5.23. The number of ether oxygens (including phenoxy) is 1. The Morgan fingerprint density at radius 2 is 2.30 bits per heavy atom. The van der Waals surface area contributed by atoms with Crippen LogP contribution in [0, 0.1) is 11.3 Å². The van der Waals surface area contributed by atoms with Crippen LogP contribution in [0.25, 0.3) is 0 Å². The molecule has 20 heavy (non-hydrogen) atoms. The molecular formula is C14H14N2O4. The summed E-state index contributed by atoms with van der Waals surface area (Å²) in [5.41, 5.74) is 0.792. The van der Waals surface area contributed by atoms with Crippen molar-refractivity contribution in [3.63, 3.8) is 0 Å². The summed E-state index contributed by atoms with van der Waals surface area (Å²) in [5, 5.41) is 17.7. The zero-order chi connectivity index (χ0) is 14.5. The van der Waals surface area contributed by atoms with Crippen LogP contribution >= 0.6 is 0 Å². The number of carboxylic acids is 1. The van der Waals surface area contributed by atoms with Crippen LogP contribution in [0.1, 0.15) is 22.3 Å². The molecule has 0 aliphatic carbocycles. The first-order valence-corrected chi connectivity index (χ1v) is 6.22. The highest BCUT2D eigenvalue weighted by molar-refractivity contribution is 5.95. The zero-order valence-corrected chi connectivity index (χ0v) is 10.8. The van der Waals surface area contributed by atoms with Crippen molar-refractivity contribution >= 4 is 11.9 Å². The predicted octanol–water partition coefficient (Wildman–Crippen LogP) is 0.874. The van der Waals surface area contributed by atoms with Gasteiger partial charge in [0, 0.05) is 12.1 Å². The van der Waals surface area contributed by atoms with Gasteiger partial charge in [0.15, 0.2) is 0 Å². The van der Waals surface area contributed by atoms with E-state index in [9.17, 15) is 9.59 Å². The molecule has 1 aromatic rings. The fraction of sp³-hybridized carbons (Fsp3) is 0.357. The van der Waals surface area contributed by atoms with Gasteiger partial charge in [-0.3, -0.25) is 9.59 Å².